The zero-order chi connectivity index (χ0) is 12.8. The molecule has 0 saturated heterocycles. The summed E-state index contributed by atoms with van der Waals surface area (Å²) in [5.41, 5.74) is 11.0. The van der Waals surface area contributed by atoms with Gasteiger partial charge in [0.1, 0.15) is 12.4 Å². The molecule has 0 aliphatic carbocycles. The van der Waals surface area contributed by atoms with Gasteiger partial charge in [-0.2, -0.15) is 0 Å². The Bertz CT molecular complexity index is 575. The molecule has 0 aliphatic rings. The average Bonchev–Trinajstić information content (AvgIpc) is 2.41. The maximum absolute atomic E-state index is 8.39. The standard InChI is InChI=1S/C14H13N3O/c1-11-9-13(7-8-14(11)16-17-15)18-10-12-5-3-2-4-6-12/h2-9H,10H2,1H3. The van der Waals surface area contributed by atoms with Crippen LogP contribution in [0.25, 0.3) is 10.4 Å². The monoisotopic (exact) mass is 239 g/mol. The van der Waals surface area contributed by atoms with Crippen LogP contribution in [0.1, 0.15) is 11.1 Å². The van der Waals surface area contributed by atoms with E-state index in [1.165, 1.54) is 0 Å². The van der Waals surface area contributed by atoms with Crippen LogP contribution in [-0.2, 0) is 6.61 Å². The number of benzene rings is 2. The van der Waals surface area contributed by atoms with E-state index < -0.39 is 0 Å². The fourth-order valence-electron chi connectivity index (χ4n) is 1.62. The minimum atomic E-state index is 0.529. The third kappa shape index (κ3) is 3.03. The summed E-state index contributed by atoms with van der Waals surface area (Å²) in [6.07, 6.45) is 0. The van der Waals surface area contributed by atoms with Crippen molar-refractivity contribution in [1.29, 1.82) is 0 Å². The van der Waals surface area contributed by atoms with E-state index in [9.17, 15) is 0 Å². The van der Waals surface area contributed by atoms with Crippen molar-refractivity contribution in [3.05, 3.63) is 70.1 Å². The highest BCUT2D eigenvalue weighted by Gasteiger charge is 1.99. The van der Waals surface area contributed by atoms with Crippen LogP contribution in [0, 0.1) is 6.92 Å². The Morgan fingerprint density at radius 1 is 1.17 bits per heavy atom. The lowest BCUT2D eigenvalue weighted by atomic mass is 10.2. The molecule has 0 spiro atoms. The topological polar surface area (TPSA) is 58.0 Å². The van der Waals surface area contributed by atoms with Crippen molar-refractivity contribution in [2.45, 2.75) is 13.5 Å². The lowest BCUT2D eigenvalue weighted by Crippen LogP contribution is -1.95. The summed E-state index contributed by atoms with van der Waals surface area (Å²) in [5, 5.41) is 3.59. The Kier molecular flexibility index (Phi) is 3.84. The number of hydrogen-bond donors (Lipinski definition) is 0. The maximum atomic E-state index is 8.39. The third-order valence-corrected chi connectivity index (χ3v) is 2.57. The summed E-state index contributed by atoms with van der Waals surface area (Å²) in [4.78, 5) is 2.77. The number of rotatable bonds is 4. The van der Waals surface area contributed by atoms with Gasteiger partial charge in [-0.15, -0.1) is 0 Å². The van der Waals surface area contributed by atoms with Crippen LogP contribution < -0.4 is 4.74 Å². The smallest absolute Gasteiger partial charge is 0.120 e. The van der Waals surface area contributed by atoms with E-state index in [-0.39, 0.29) is 0 Å². The number of azide groups is 1. The normalized spacial score (nSPS) is 9.61. The first kappa shape index (κ1) is 12.0. The van der Waals surface area contributed by atoms with Crippen LogP contribution in [0.3, 0.4) is 0 Å². The zero-order valence-electron chi connectivity index (χ0n) is 10.1. The molecule has 4 nitrogen and oxygen atoms in total. The Labute approximate surface area is 105 Å². The first-order valence-corrected chi connectivity index (χ1v) is 5.62. The fraction of sp³-hybridized carbons (Fsp3) is 0.143. The summed E-state index contributed by atoms with van der Waals surface area (Å²) < 4.78 is 5.67. The molecule has 0 saturated carbocycles. The molecule has 90 valence electrons. The van der Waals surface area contributed by atoms with Crippen molar-refractivity contribution in [2.24, 2.45) is 5.11 Å². The molecule has 4 heteroatoms. The number of aryl methyl sites for hydroxylation is 1. The first-order valence-electron chi connectivity index (χ1n) is 5.62. The van der Waals surface area contributed by atoms with Crippen LogP contribution in [0.2, 0.25) is 0 Å². The molecule has 0 heterocycles. The number of ether oxygens (including phenoxy) is 1. The van der Waals surface area contributed by atoms with E-state index in [0.717, 1.165) is 16.9 Å². The molecule has 2 rings (SSSR count). The van der Waals surface area contributed by atoms with Gasteiger partial charge >= 0.3 is 0 Å². The maximum Gasteiger partial charge on any atom is 0.120 e. The minimum absolute atomic E-state index is 0.529. The van der Waals surface area contributed by atoms with Gasteiger partial charge in [-0.3, -0.25) is 0 Å². The lowest BCUT2D eigenvalue weighted by molar-refractivity contribution is 0.306. The molecule has 0 amide bonds. The van der Waals surface area contributed by atoms with Gasteiger partial charge < -0.3 is 4.74 Å². The highest BCUT2D eigenvalue weighted by molar-refractivity contribution is 5.48. The van der Waals surface area contributed by atoms with Crippen LogP contribution in [-0.4, -0.2) is 0 Å². The van der Waals surface area contributed by atoms with Crippen LogP contribution in [0.4, 0.5) is 5.69 Å². The predicted octanol–water partition coefficient (Wildman–Crippen LogP) is 4.52. The molecule has 0 fully saturated rings. The van der Waals surface area contributed by atoms with Crippen molar-refractivity contribution in [3.63, 3.8) is 0 Å². The van der Waals surface area contributed by atoms with Gasteiger partial charge in [0.15, 0.2) is 0 Å². The second kappa shape index (κ2) is 5.75. The molecule has 2 aromatic rings. The van der Waals surface area contributed by atoms with E-state index in [1.54, 1.807) is 12.1 Å². The van der Waals surface area contributed by atoms with Crippen molar-refractivity contribution < 1.29 is 4.74 Å². The molecule has 0 radical (unpaired) electrons. The first-order chi connectivity index (χ1) is 8.79. The van der Waals surface area contributed by atoms with Gasteiger partial charge in [0.25, 0.3) is 0 Å². The Morgan fingerprint density at radius 3 is 2.61 bits per heavy atom. The van der Waals surface area contributed by atoms with E-state index >= 15 is 0 Å². The van der Waals surface area contributed by atoms with Gasteiger partial charge in [-0.1, -0.05) is 35.4 Å². The molecular formula is C14H13N3O. The summed E-state index contributed by atoms with van der Waals surface area (Å²) in [6, 6.07) is 15.4. The molecule has 18 heavy (non-hydrogen) atoms. The fourth-order valence-corrected chi connectivity index (χ4v) is 1.62. The summed E-state index contributed by atoms with van der Waals surface area (Å²) in [7, 11) is 0. The summed E-state index contributed by atoms with van der Waals surface area (Å²) >= 11 is 0. The van der Waals surface area contributed by atoms with E-state index in [0.29, 0.717) is 12.3 Å². The minimum Gasteiger partial charge on any atom is -0.489 e. The van der Waals surface area contributed by atoms with Crippen molar-refractivity contribution >= 4 is 5.69 Å². The summed E-state index contributed by atoms with van der Waals surface area (Å²) in [5.74, 6) is 0.772. The van der Waals surface area contributed by atoms with E-state index in [2.05, 4.69) is 10.0 Å². The zero-order valence-corrected chi connectivity index (χ0v) is 10.1. The Morgan fingerprint density at radius 2 is 1.94 bits per heavy atom. The third-order valence-electron chi connectivity index (χ3n) is 2.57. The van der Waals surface area contributed by atoms with Gasteiger partial charge in [-0.25, -0.2) is 0 Å². The molecular weight excluding hydrogens is 226 g/mol. The molecule has 2 aromatic carbocycles. The number of nitrogens with zero attached hydrogens (tertiary/aromatic N) is 3. The Hall–Kier alpha value is -2.45. The van der Waals surface area contributed by atoms with Gasteiger partial charge in [0.2, 0.25) is 0 Å². The second-order valence-electron chi connectivity index (χ2n) is 3.91. The highest BCUT2D eigenvalue weighted by atomic mass is 16.5. The van der Waals surface area contributed by atoms with Crippen molar-refractivity contribution in [1.82, 2.24) is 0 Å². The van der Waals surface area contributed by atoms with Crippen LogP contribution in [0.15, 0.2) is 53.6 Å². The van der Waals surface area contributed by atoms with Crippen LogP contribution in [0.5, 0.6) is 5.75 Å². The van der Waals surface area contributed by atoms with E-state index in [4.69, 9.17) is 10.3 Å². The quantitative estimate of drug-likeness (QED) is 0.439. The van der Waals surface area contributed by atoms with Gasteiger partial charge in [-0.05, 0) is 41.8 Å². The molecule has 0 aliphatic heterocycles. The van der Waals surface area contributed by atoms with Crippen LogP contribution >= 0.6 is 0 Å². The average molecular weight is 239 g/mol. The van der Waals surface area contributed by atoms with Crippen molar-refractivity contribution in [2.75, 3.05) is 0 Å². The molecule has 0 bridgehead atoms. The van der Waals surface area contributed by atoms with Gasteiger partial charge in [0.05, 0.1) is 0 Å². The lowest BCUT2D eigenvalue weighted by Gasteiger charge is -2.08. The second-order valence-corrected chi connectivity index (χ2v) is 3.91. The highest BCUT2D eigenvalue weighted by Crippen LogP contribution is 2.24. The Balaban J connectivity index is 2.07. The predicted molar refractivity (Wildman–Crippen MR) is 70.8 cm³/mol. The van der Waals surface area contributed by atoms with Crippen molar-refractivity contribution in [3.8, 4) is 5.75 Å². The molecule has 0 unspecified atom stereocenters. The molecule has 0 aromatic heterocycles. The molecule has 0 atom stereocenters. The molecule has 0 N–H and O–H groups in total. The number of hydrogen-bond acceptors (Lipinski definition) is 2. The van der Waals surface area contributed by atoms with Gasteiger partial charge in [0, 0.05) is 10.6 Å². The van der Waals surface area contributed by atoms with E-state index in [1.807, 2.05) is 43.3 Å². The SMILES string of the molecule is Cc1cc(OCc2ccccc2)ccc1N=[N+]=[N-]. The largest absolute Gasteiger partial charge is 0.489 e. The summed E-state index contributed by atoms with van der Waals surface area (Å²) in [6.45, 7) is 2.42.